The molecule has 1 amide bonds. The van der Waals surface area contributed by atoms with Crippen LogP contribution in [-0.4, -0.2) is 36.8 Å². The number of carbonyl (C=O) groups is 1. The van der Waals surface area contributed by atoms with E-state index in [1.54, 1.807) is 16.7 Å². The summed E-state index contributed by atoms with van der Waals surface area (Å²) in [6.45, 7) is 0.0828. The lowest BCUT2D eigenvalue weighted by molar-refractivity contribution is -0.116. The lowest BCUT2D eigenvalue weighted by Gasteiger charge is -2.14. The third kappa shape index (κ3) is 3.36. The zero-order valence-electron chi connectivity index (χ0n) is 14.7. The number of methoxy groups -OCH3 is 3. The normalized spacial score (nSPS) is 10.6. The standard InChI is InChI=1S/C18H19N3O4S/c1-23-14-8-11(9-15(24-2)17(14)25-3)19-16(22)10-21-13-7-5-4-6-12(13)20-18(21)26/h4-9H,10H2,1-3H3,(H,19,22)(H,20,26). The summed E-state index contributed by atoms with van der Waals surface area (Å²) in [5.41, 5.74) is 2.30. The molecule has 0 bridgehead atoms. The van der Waals surface area contributed by atoms with Crippen LogP contribution in [0.4, 0.5) is 5.69 Å². The van der Waals surface area contributed by atoms with E-state index in [2.05, 4.69) is 10.3 Å². The molecule has 3 aromatic rings. The third-order valence-corrected chi connectivity index (χ3v) is 4.25. The predicted octanol–water partition coefficient (Wildman–Crippen LogP) is 3.36. The molecule has 8 heteroatoms. The number of aromatic amines is 1. The Hall–Kier alpha value is -3.00. The summed E-state index contributed by atoms with van der Waals surface area (Å²) in [5.74, 6) is 1.17. The van der Waals surface area contributed by atoms with E-state index < -0.39 is 0 Å². The predicted molar refractivity (Wildman–Crippen MR) is 102 cm³/mol. The SMILES string of the molecule is COc1cc(NC(=O)Cn2c(=S)[nH]c3ccccc32)cc(OC)c1OC. The number of imidazole rings is 1. The van der Waals surface area contributed by atoms with E-state index in [1.165, 1.54) is 21.3 Å². The van der Waals surface area contributed by atoms with Crippen LogP contribution in [-0.2, 0) is 11.3 Å². The summed E-state index contributed by atoms with van der Waals surface area (Å²) in [7, 11) is 4.57. The minimum atomic E-state index is -0.222. The van der Waals surface area contributed by atoms with Crippen LogP contribution in [0.15, 0.2) is 36.4 Å². The molecule has 1 heterocycles. The average Bonchev–Trinajstić information content (AvgIpc) is 2.96. The number of nitrogens with one attached hydrogen (secondary N) is 2. The molecule has 0 spiro atoms. The van der Waals surface area contributed by atoms with Crippen molar-refractivity contribution >= 4 is 34.8 Å². The first-order valence-electron chi connectivity index (χ1n) is 7.84. The number of anilines is 1. The molecule has 0 aliphatic rings. The number of hydrogen-bond donors (Lipinski definition) is 2. The summed E-state index contributed by atoms with van der Waals surface area (Å²) < 4.78 is 18.1. The van der Waals surface area contributed by atoms with E-state index in [4.69, 9.17) is 26.4 Å². The van der Waals surface area contributed by atoms with E-state index in [9.17, 15) is 4.79 Å². The second-order valence-electron chi connectivity index (χ2n) is 5.50. The van der Waals surface area contributed by atoms with Crippen molar-refractivity contribution in [3.05, 3.63) is 41.2 Å². The van der Waals surface area contributed by atoms with Gasteiger partial charge in [0.1, 0.15) is 6.54 Å². The van der Waals surface area contributed by atoms with Gasteiger partial charge in [0, 0.05) is 17.8 Å². The Morgan fingerprint density at radius 2 is 1.77 bits per heavy atom. The van der Waals surface area contributed by atoms with Crippen LogP contribution >= 0.6 is 12.2 Å². The number of hydrogen-bond acceptors (Lipinski definition) is 5. The number of H-pyrrole nitrogens is 1. The van der Waals surface area contributed by atoms with Gasteiger partial charge in [0.05, 0.1) is 32.4 Å². The second kappa shape index (κ2) is 7.49. The molecule has 0 aliphatic carbocycles. The van der Waals surface area contributed by atoms with Crippen molar-refractivity contribution in [2.75, 3.05) is 26.6 Å². The highest BCUT2D eigenvalue weighted by Gasteiger charge is 2.15. The van der Waals surface area contributed by atoms with Crippen LogP contribution < -0.4 is 19.5 Å². The molecule has 26 heavy (non-hydrogen) atoms. The van der Waals surface area contributed by atoms with E-state index >= 15 is 0 Å². The number of fused-ring (bicyclic) bond motifs is 1. The summed E-state index contributed by atoms with van der Waals surface area (Å²) in [5, 5.41) is 2.84. The lowest BCUT2D eigenvalue weighted by Crippen LogP contribution is -2.19. The molecule has 0 saturated carbocycles. The van der Waals surface area contributed by atoms with Gasteiger partial charge in [-0.2, -0.15) is 0 Å². The van der Waals surface area contributed by atoms with E-state index in [0.29, 0.717) is 27.7 Å². The fourth-order valence-corrected chi connectivity index (χ4v) is 3.03. The fourth-order valence-electron chi connectivity index (χ4n) is 2.76. The average molecular weight is 373 g/mol. The molecule has 0 fully saturated rings. The first-order chi connectivity index (χ1) is 12.6. The number of para-hydroxylation sites is 2. The van der Waals surface area contributed by atoms with Gasteiger partial charge in [-0.05, 0) is 24.4 Å². The molecule has 2 N–H and O–H groups in total. The fraction of sp³-hybridized carbons (Fsp3) is 0.222. The highest BCUT2D eigenvalue weighted by Crippen LogP contribution is 2.39. The van der Waals surface area contributed by atoms with Gasteiger partial charge in [0.2, 0.25) is 11.7 Å². The Morgan fingerprint density at radius 1 is 1.12 bits per heavy atom. The maximum absolute atomic E-state index is 12.5. The maximum Gasteiger partial charge on any atom is 0.244 e. The van der Waals surface area contributed by atoms with Crippen molar-refractivity contribution in [1.29, 1.82) is 0 Å². The minimum Gasteiger partial charge on any atom is -0.493 e. The largest absolute Gasteiger partial charge is 0.493 e. The molecular formula is C18H19N3O4S. The Bertz CT molecular complexity index is 984. The molecule has 0 atom stereocenters. The summed E-state index contributed by atoms with van der Waals surface area (Å²) in [6, 6.07) is 11.0. The van der Waals surface area contributed by atoms with Crippen molar-refractivity contribution in [1.82, 2.24) is 9.55 Å². The Morgan fingerprint density at radius 3 is 2.38 bits per heavy atom. The van der Waals surface area contributed by atoms with Crippen molar-refractivity contribution in [2.45, 2.75) is 6.54 Å². The van der Waals surface area contributed by atoms with E-state index in [0.717, 1.165) is 11.0 Å². The van der Waals surface area contributed by atoms with Crippen molar-refractivity contribution in [3.8, 4) is 17.2 Å². The van der Waals surface area contributed by atoms with Gasteiger partial charge >= 0.3 is 0 Å². The molecule has 7 nitrogen and oxygen atoms in total. The monoisotopic (exact) mass is 373 g/mol. The van der Waals surface area contributed by atoms with Gasteiger partial charge in [-0.3, -0.25) is 4.79 Å². The second-order valence-corrected chi connectivity index (χ2v) is 5.88. The highest BCUT2D eigenvalue weighted by molar-refractivity contribution is 7.71. The van der Waals surface area contributed by atoms with Gasteiger partial charge < -0.3 is 29.1 Å². The number of nitrogens with zero attached hydrogens (tertiary/aromatic N) is 1. The Kier molecular flexibility index (Phi) is 5.13. The minimum absolute atomic E-state index is 0.0828. The van der Waals surface area contributed by atoms with Crippen LogP contribution in [0.5, 0.6) is 17.2 Å². The summed E-state index contributed by atoms with van der Waals surface area (Å²) in [6.07, 6.45) is 0. The van der Waals surface area contributed by atoms with Crippen LogP contribution in [0.2, 0.25) is 0 Å². The molecule has 0 radical (unpaired) electrons. The number of amides is 1. The Labute approximate surface area is 155 Å². The topological polar surface area (TPSA) is 77.5 Å². The smallest absolute Gasteiger partial charge is 0.244 e. The molecular weight excluding hydrogens is 354 g/mol. The number of aromatic nitrogens is 2. The zero-order valence-corrected chi connectivity index (χ0v) is 15.5. The summed E-state index contributed by atoms with van der Waals surface area (Å²) >= 11 is 5.32. The molecule has 136 valence electrons. The van der Waals surface area contributed by atoms with Crippen molar-refractivity contribution in [2.24, 2.45) is 0 Å². The number of benzene rings is 2. The van der Waals surface area contributed by atoms with Crippen LogP contribution in [0.3, 0.4) is 0 Å². The van der Waals surface area contributed by atoms with Crippen molar-refractivity contribution < 1.29 is 19.0 Å². The molecule has 0 unspecified atom stereocenters. The van der Waals surface area contributed by atoms with Crippen LogP contribution in [0.1, 0.15) is 0 Å². The van der Waals surface area contributed by atoms with Gasteiger partial charge in [-0.15, -0.1) is 0 Å². The number of rotatable bonds is 6. The quantitative estimate of drug-likeness (QED) is 0.648. The van der Waals surface area contributed by atoms with Crippen molar-refractivity contribution in [3.63, 3.8) is 0 Å². The van der Waals surface area contributed by atoms with Crippen LogP contribution in [0, 0.1) is 4.77 Å². The van der Waals surface area contributed by atoms with E-state index in [1.807, 2.05) is 24.3 Å². The molecule has 1 aromatic heterocycles. The first-order valence-corrected chi connectivity index (χ1v) is 8.25. The molecule has 0 saturated heterocycles. The van der Waals surface area contributed by atoms with Gasteiger partial charge in [-0.1, -0.05) is 12.1 Å². The summed E-state index contributed by atoms with van der Waals surface area (Å²) in [4.78, 5) is 15.6. The Balaban J connectivity index is 1.86. The third-order valence-electron chi connectivity index (χ3n) is 3.93. The lowest BCUT2D eigenvalue weighted by atomic mass is 10.2. The zero-order chi connectivity index (χ0) is 18.7. The maximum atomic E-state index is 12.5. The van der Waals surface area contributed by atoms with Crippen LogP contribution in [0.25, 0.3) is 11.0 Å². The molecule has 3 rings (SSSR count). The van der Waals surface area contributed by atoms with Gasteiger partial charge in [0.15, 0.2) is 16.3 Å². The number of ether oxygens (including phenoxy) is 3. The van der Waals surface area contributed by atoms with Gasteiger partial charge in [-0.25, -0.2) is 0 Å². The van der Waals surface area contributed by atoms with Gasteiger partial charge in [0.25, 0.3) is 0 Å². The molecule has 2 aromatic carbocycles. The molecule has 0 aliphatic heterocycles. The van der Waals surface area contributed by atoms with E-state index in [-0.39, 0.29) is 12.5 Å². The first kappa shape index (κ1) is 17.8. The number of carbonyl (C=O) groups excluding carboxylic acids is 1. The highest BCUT2D eigenvalue weighted by atomic mass is 32.1.